The summed E-state index contributed by atoms with van der Waals surface area (Å²) in [5.74, 6) is 0.504. The first kappa shape index (κ1) is 18.1. The first-order valence-electron chi connectivity index (χ1n) is 9.48. The van der Waals surface area contributed by atoms with Crippen LogP contribution in [0.3, 0.4) is 0 Å². The Morgan fingerprint density at radius 1 is 1.00 bits per heavy atom. The molecule has 130 valence electrons. The van der Waals surface area contributed by atoms with E-state index in [4.69, 9.17) is 0 Å². The van der Waals surface area contributed by atoms with Gasteiger partial charge in [-0.3, -0.25) is 0 Å². The van der Waals surface area contributed by atoms with E-state index >= 15 is 0 Å². The fourth-order valence-electron chi connectivity index (χ4n) is 3.52. The van der Waals surface area contributed by atoms with Crippen molar-refractivity contribution in [2.45, 2.75) is 90.1 Å². The van der Waals surface area contributed by atoms with Crippen LogP contribution in [0.25, 0.3) is 0 Å². The second-order valence-electron chi connectivity index (χ2n) is 6.95. The van der Waals surface area contributed by atoms with Gasteiger partial charge in [0.25, 0.3) is 0 Å². The summed E-state index contributed by atoms with van der Waals surface area (Å²) in [4.78, 5) is 0. The summed E-state index contributed by atoms with van der Waals surface area (Å²) in [6.45, 7) is 2.78. The van der Waals surface area contributed by atoms with E-state index < -0.39 is 0 Å². The average molecular weight is 319 g/mol. The molecule has 0 atom stereocenters. The van der Waals surface area contributed by atoms with Gasteiger partial charge in [0.1, 0.15) is 11.5 Å². The largest absolute Gasteiger partial charge is 0.507 e. The number of phenolic OH excluding ortho intramolecular Hbond substituents is 2. The quantitative estimate of drug-likeness (QED) is 0.559. The second kappa shape index (κ2) is 9.82. The monoisotopic (exact) mass is 319 g/mol. The number of aryl methyl sites for hydroxylation is 1. The summed E-state index contributed by atoms with van der Waals surface area (Å²) < 4.78 is 0. The van der Waals surface area contributed by atoms with E-state index in [1.807, 2.05) is 6.07 Å². The molecule has 3 N–H and O–H groups in total. The molecular weight excluding hydrogens is 286 g/mol. The number of nitrogens with one attached hydrogen (secondary N) is 1. The maximum Gasteiger partial charge on any atom is 0.126 e. The number of hydrogen-bond donors (Lipinski definition) is 3. The minimum atomic E-state index is 0.209. The van der Waals surface area contributed by atoms with Crippen LogP contribution in [0.15, 0.2) is 12.1 Å². The molecule has 1 aromatic rings. The zero-order valence-electron chi connectivity index (χ0n) is 14.6. The molecule has 23 heavy (non-hydrogen) atoms. The lowest BCUT2D eigenvalue weighted by Crippen LogP contribution is -2.30. The number of benzene rings is 1. The molecule has 1 aliphatic carbocycles. The van der Waals surface area contributed by atoms with Gasteiger partial charge in [-0.05, 0) is 37.3 Å². The van der Waals surface area contributed by atoms with Crippen LogP contribution in [0, 0.1) is 0 Å². The summed E-state index contributed by atoms with van der Waals surface area (Å²) in [6.07, 6.45) is 13.3. The second-order valence-corrected chi connectivity index (χ2v) is 6.95. The topological polar surface area (TPSA) is 52.5 Å². The lowest BCUT2D eigenvalue weighted by molar-refractivity contribution is 0.363. The predicted octanol–water partition coefficient (Wildman–Crippen LogP) is 5.03. The first-order chi connectivity index (χ1) is 11.2. The number of aromatic hydroxyl groups is 2. The third kappa shape index (κ3) is 5.72. The van der Waals surface area contributed by atoms with Gasteiger partial charge in [0, 0.05) is 18.2 Å². The lowest BCUT2D eigenvalue weighted by atomic mass is 9.95. The van der Waals surface area contributed by atoms with Crippen molar-refractivity contribution in [1.82, 2.24) is 5.32 Å². The van der Waals surface area contributed by atoms with E-state index in [0.29, 0.717) is 23.9 Å². The zero-order valence-corrected chi connectivity index (χ0v) is 14.6. The van der Waals surface area contributed by atoms with Gasteiger partial charge in [0.05, 0.1) is 0 Å². The molecule has 0 heterocycles. The molecule has 1 saturated carbocycles. The third-order valence-electron chi connectivity index (χ3n) is 5.06. The maximum absolute atomic E-state index is 10.5. The Labute approximate surface area is 141 Å². The van der Waals surface area contributed by atoms with Crippen molar-refractivity contribution in [3.63, 3.8) is 0 Å². The van der Waals surface area contributed by atoms with E-state index in [9.17, 15) is 10.2 Å². The van der Waals surface area contributed by atoms with Crippen molar-refractivity contribution < 1.29 is 10.2 Å². The molecule has 0 aliphatic heterocycles. The Kier molecular flexibility index (Phi) is 7.73. The molecule has 1 fully saturated rings. The van der Waals surface area contributed by atoms with Crippen molar-refractivity contribution in [3.8, 4) is 11.5 Å². The zero-order chi connectivity index (χ0) is 16.5. The normalized spacial score (nSPS) is 15.9. The van der Waals surface area contributed by atoms with Crippen LogP contribution in [0.1, 0.15) is 82.3 Å². The van der Waals surface area contributed by atoms with Crippen molar-refractivity contribution in [3.05, 3.63) is 23.3 Å². The fraction of sp³-hybridized carbons (Fsp3) is 0.700. The molecule has 2 rings (SSSR count). The highest BCUT2D eigenvalue weighted by Gasteiger charge is 2.16. The third-order valence-corrected chi connectivity index (χ3v) is 5.06. The summed E-state index contributed by atoms with van der Waals surface area (Å²) in [5, 5.41) is 24.1. The van der Waals surface area contributed by atoms with Crippen LogP contribution >= 0.6 is 0 Å². The molecular formula is C20H33NO2. The van der Waals surface area contributed by atoms with Gasteiger partial charge in [-0.15, -0.1) is 0 Å². The molecule has 3 nitrogen and oxygen atoms in total. The molecule has 3 heteroatoms. The van der Waals surface area contributed by atoms with E-state index in [-0.39, 0.29) is 5.75 Å². The van der Waals surface area contributed by atoms with Gasteiger partial charge in [-0.25, -0.2) is 0 Å². The summed E-state index contributed by atoms with van der Waals surface area (Å²) >= 11 is 0. The van der Waals surface area contributed by atoms with Crippen molar-refractivity contribution in [2.24, 2.45) is 0 Å². The number of rotatable bonds is 9. The van der Waals surface area contributed by atoms with Crippen LogP contribution in [0.5, 0.6) is 11.5 Å². The standard InChI is InChI=1S/C20H33NO2/c1-2-3-4-5-7-10-16-13-14-19(22)18(20(16)23)15-21-17-11-8-6-9-12-17/h13-14,17,21-23H,2-12,15H2,1H3. The van der Waals surface area contributed by atoms with Crippen LogP contribution in [0.2, 0.25) is 0 Å². The first-order valence-corrected chi connectivity index (χ1v) is 9.48. The number of phenols is 2. The van der Waals surface area contributed by atoms with Gasteiger partial charge in [0.2, 0.25) is 0 Å². The van der Waals surface area contributed by atoms with E-state index in [1.54, 1.807) is 6.07 Å². The minimum Gasteiger partial charge on any atom is -0.507 e. The van der Waals surface area contributed by atoms with E-state index in [1.165, 1.54) is 57.8 Å². The SMILES string of the molecule is CCCCCCCc1ccc(O)c(CNC2CCCCC2)c1O. The van der Waals surface area contributed by atoms with Crippen molar-refractivity contribution >= 4 is 0 Å². The number of unbranched alkanes of at least 4 members (excludes halogenated alkanes) is 4. The van der Waals surface area contributed by atoms with Crippen LogP contribution < -0.4 is 5.32 Å². The molecule has 0 unspecified atom stereocenters. The van der Waals surface area contributed by atoms with Gasteiger partial charge < -0.3 is 15.5 Å². The molecule has 0 radical (unpaired) electrons. The lowest BCUT2D eigenvalue weighted by Gasteiger charge is -2.23. The van der Waals surface area contributed by atoms with E-state index in [0.717, 1.165) is 18.4 Å². The summed E-state index contributed by atoms with van der Waals surface area (Å²) in [5.41, 5.74) is 1.64. The highest BCUT2D eigenvalue weighted by molar-refractivity contribution is 5.48. The molecule has 0 aromatic heterocycles. The van der Waals surface area contributed by atoms with Crippen molar-refractivity contribution in [1.29, 1.82) is 0 Å². The molecule has 0 amide bonds. The Hall–Kier alpha value is -1.22. The molecule has 1 aliphatic rings. The molecule has 0 spiro atoms. The fourth-order valence-corrected chi connectivity index (χ4v) is 3.52. The number of hydrogen-bond acceptors (Lipinski definition) is 3. The van der Waals surface area contributed by atoms with Crippen LogP contribution in [0.4, 0.5) is 0 Å². The Morgan fingerprint density at radius 2 is 1.74 bits per heavy atom. The summed E-state index contributed by atoms with van der Waals surface area (Å²) in [6, 6.07) is 4.13. The highest BCUT2D eigenvalue weighted by atomic mass is 16.3. The van der Waals surface area contributed by atoms with Gasteiger partial charge in [0.15, 0.2) is 0 Å². The van der Waals surface area contributed by atoms with Crippen LogP contribution in [-0.2, 0) is 13.0 Å². The average Bonchev–Trinajstić information content (AvgIpc) is 2.57. The molecule has 1 aromatic carbocycles. The van der Waals surface area contributed by atoms with E-state index in [2.05, 4.69) is 12.2 Å². The Bertz CT molecular complexity index is 467. The van der Waals surface area contributed by atoms with Crippen molar-refractivity contribution in [2.75, 3.05) is 0 Å². The molecule has 0 saturated heterocycles. The Morgan fingerprint density at radius 3 is 2.48 bits per heavy atom. The predicted molar refractivity (Wildman–Crippen MR) is 95.9 cm³/mol. The van der Waals surface area contributed by atoms with Crippen LogP contribution in [-0.4, -0.2) is 16.3 Å². The highest BCUT2D eigenvalue weighted by Crippen LogP contribution is 2.32. The minimum absolute atomic E-state index is 0.209. The Balaban J connectivity index is 1.88. The van der Waals surface area contributed by atoms with Gasteiger partial charge in [-0.2, -0.15) is 0 Å². The smallest absolute Gasteiger partial charge is 0.126 e. The van der Waals surface area contributed by atoms with Gasteiger partial charge in [-0.1, -0.05) is 57.9 Å². The molecule has 0 bridgehead atoms. The summed E-state index contributed by atoms with van der Waals surface area (Å²) in [7, 11) is 0. The maximum atomic E-state index is 10.5. The van der Waals surface area contributed by atoms with Gasteiger partial charge >= 0.3 is 0 Å².